The van der Waals surface area contributed by atoms with Crippen molar-refractivity contribution in [1.82, 2.24) is 0 Å². The van der Waals surface area contributed by atoms with E-state index < -0.39 is 0 Å². The fourth-order valence-corrected chi connectivity index (χ4v) is 3.72. The molecule has 2 atom stereocenters. The van der Waals surface area contributed by atoms with Crippen molar-refractivity contribution < 1.29 is 9.53 Å². The topological polar surface area (TPSA) is 26.3 Å². The summed E-state index contributed by atoms with van der Waals surface area (Å²) < 4.78 is 6.11. The van der Waals surface area contributed by atoms with Crippen LogP contribution in [0.4, 0.5) is 0 Å². The molecule has 98 valence electrons. The van der Waals surface area contributed by atoms with Crippen LogP contribution in [0.15, 0.2) is 0 Å². The maximum Gasteiger partial charge on any atom is 0.130 e. The van der Waals surface area contributed by atoms with Crippen molar-refractivity contribution in [3.63, 3.8) is 0 Å². The molecule has 2 heteroatoms. The number of Topliss-reactive ketones (excluding diaryl/α,β-unsaturated/α-hetero) is 1. The molecule has 1 spiro atoms. The zero-order valence-electron chi connectivity index (χ0n) is 11.3. The minimum atomic E-state index is 0.187. The van der Waals surface area contributed by atoms with Crippen LogP contribution >= 0.6 is 0 Å². The minimum absolute atomic E-state index is 0.187. The Balaban J connectivity index is 1.93. The highest BCUT2D eigenvalue weighted by Crippen LogP contribution is 2.43. The van der Waals surface area contributed by atoms with E-state index in [1.165, 1.54) is 38.5 Å². The van der Waals surface area contributed by atoms with Crippen molar-refractivity contribution in [2.45, 2.75) is 70.8 Å². The van der Waals surface area contributed by atoms with Crippen molar-refractivity contribution in [3.05, 3.63) is 0 Å². The highest BCUT2D eigenvalue weighted by molar-refractivity contribution is 5.75. The Bertz CT molecular complexity index is 261. The lowest BCUT2D eigenvalue weighted by atomic mass is 9.72. The Labute approximate surface area is 105 Å². The molecule has 2 fully saturated rings. The second-order valence-electron chi connectivity index (χ2n) is 6.23. The van der Waals surface area contributed by atoms with E-state index in [0.29, 0.717) is 17.6 Å². The van der Waals surface area contributed by atoms with Crippen LogP contribution in [0.2, 0.25) is 0 Å². The normalized spacial score (nSPS) is 30.1. The van der Waals surface area contributed by atoms with Gasteiger partial charge in [0.2, 0.25) is 0 Å². The summed E-state index contributed by atoms with van der Waals surface area (Å²) in [5.41, 5.74) is 0.187. The molecule has 17 heavy (non-hydrogen) atoms. The number of hydrogen-bond donors (Lipinski definition) is 0. The molecule has 0 amide bonds. The predicted molar refractivity (Wildman–Crippen MR) is 69.0 cm³/mol. The molecule has 0 aromatic rings. The zero-order valence-corrected chi connectivity index (χ0v) is 11.3. The van der Waals surface area contributed by atoms with E-state index in [-0.39, 0.29) is 5.60 Å². The summed E-state index contributed by atoms with van der Waals surface area (Å²) in [6, 6.07) is 0. The first-order valence-electron chi connectivity index (χ1n) is 7.25. The number of ether oxygens (including phenoxy) is 1. The molecule has 1 saturated heterocycles. The Morgan fingerprint density at radius 3 is 2.71 bits per heavy atom. The molecule has 2 unspecified atom stereocenters. The average Bonchev–Trinajstić information content (AvgIpc) is 2.29. The summed E-state index contributed by atoms with van der Waals surface area (Å²) in [5, 5.41) is 0. The lowest BCUT2D eigenvalue weighted by Gasteiger charge is -2.45. The van der Waals surface area contributed by atoms with E-state index in [1.54, 1.807) is 6.92 Å². The van der Waals surface area contributed by atoms with Gasteiger partial charge in [0, 0.05) is 13.0 Å². The van der Waals surface area contributed by atoms with Gasteiger partial charge in [0.25, 0.3) is 0 Å². The first-order chi connectivity index (χ1) is 8.11. The summed E-state index contributed by atoms with van der Waals surface area (Å²) >= 11 is 0. The molecular formula is C15H26O2. The third kappa shape index (κ3) is 3.31. The standard InChI is InChI=1S/C15H26O2/c1-12(10-13(2)16)14-6-9-17-15(11-14)7-4-3-5-8-15/h12,14H,3-11H2,1-2H3. The monoisotopic (exact) mass is 238 g/mol. The van der Waals surface area contributed by atoms with Gasteiger partial charge >= 0.3 is 0 Å². The van der Waals surface area contributed by atoms with Gasteiger partial charge in [-0.15, -0.1) is 0 Å². The van der Waals surface area contributed by atoms with Crippen LogP contribution in [-0.4, -0.2) is 18.0 Å². The molecule has 1 aliphatic carbocycles. The third-order valence-corrected chi connectivity index (χ3v) is 4.71. The lowest BCUT2D eigenvalue weighted by Crippen LogP contribution is -2.43. The fraction of sp³-hybridized carbons (Fsp3) is 0.933. The largest absolute Gasteiger partial charge is 0.375 e. The van der Waals surface area contributed by atoms with Crippen LogP contribution in [-0.2, 0) is 9.53 Å². The van der Waals surface area contributed by atoms with Gasteiger partial charge in [-0.05, 0) is 44.4 Å². The van der Waals surface area contributed by atoms with Crippen LogP contribution in [0.1, 0.15) is 65.2 Å². The molecule has 2 nitrogen and oxygen atoms in total. The van der Waals surface area contributed by atoms with Gasteiger partial charge in [0.05, 0.1) is 5.60 Å². The third-order valence-electron chi connectivity index (χ3n) is 4.71. The summed E-state index contributed by atoms with van der Waals surface area (Å²) in [4.78, 5) is 11.2. The molecule has 1 saturated carbocycles. The van der Waals surface area contributed by atoms with Gasteiger partial charge in [-0.2, -0.15) is 0 Å². The van der Waals surface area contributed by atoms with Crippen LogP contribution in [0.25, 0.3) is 0 Å². The minimum Gasteiger partial charge on any atom is -0.375 e. The van der Waals surface area contributed by atoms with Crippen LogP contribution < -0.4 is 0 Å². The highest BCUT2D eigenvalue weighted by atomic mass is 16.5. The van der Waals surface area contributed by atoms with Crippen molar-refractivity contribution in [3.8, 4) is 0 Å². The SMILES string of the molecule is CC(=O)CC(C)C1CCOC2(CCCCC2)C1. The number of rotatable bonds is 3. The molecule has 0 bridgehead atoms. The molecule has 0 aromatic heterocycles. The molecule has 0 N–H and O–H groups in total. The molecule has 1 aliphatic heterocycles. The Hall–Kier alpha value is -0.370. The number of ketones is 1. The molecule has 2 rings (SSSR count). The first kappa shape index (κ1) is 13.1. The Morgan fingerprint density at radius 1 is 1.35 bits per heavy atom. The molecule has 1 heterocycles. The van der Waals surface area contributed by atoms with E-state index in [1.807, 2.05) is 0 Å². The number of hydrogen-bond acceptors (Lipinski definition) is 2. The van der Waals surface area contributed by atoms with Gasteiger partial charge in [0.1, 0.15) is 5.78 Å². The quantitative estimate of drug-likeness (QED) is 0.749. The second-order valence-corrected chi connectivity index (χ2v) is 6.23. The number of carbonyl (C=O) groups excluding carboxylic acids is 1. The second kappa shape index (κ2) is 5.51. The van der Waals surface area contributed by atoms with E-state index in [2.05, 4.69) is 6.92 Å². The van der Waals surface area contributed by atoms with Crippen LogP contribution in [0.3, 0.4) is 0 Å². The van der Waals surface area contributed by atoms with Gasteiger partial charge in [-0.25, -0.2) is 0 Å². The molecule has 0 radical (unpaired) electrons. The van der Waals surface area contributed by atoms with Gasteiger partial charge in [0.15, 0.2) is 0 Å². The maximum atomic E-state index is 11.2. The predicted octanol–water partition coefficient (Wildman–Crippen LogP) is 3.73. The van der Waals surface area contributed by atoms with Crippen molar-refractivity contribution in [2.24, 2.45) is 11.8 Å². The van der Waals surface area contributed by atoms with Gasteiger partial charge < -0.3 is 9.53 Å². The Morgan fingerprint density at radius 2 is 2.06 bits per heavy atom. The summed E-state index contributed by atoms with van der Waals surface area (Å²) in [6.07, 6.45) is 9.62. The smallest absolute Gasteiger partial charge is 0.130 e. The van der Waals surface area contributed by atoms with Crippen molar-refractivity contribution in [2.75, 3.05) is 6.61 Å². The zero-order chi connectivity index (χ0) is 12.3. The van der Waals surface area contributed by atoms with Gasteiger partial charge in [-0.3, -0.25) is 0 Å². The van der Waals surface area contributed by atoms with E-state index in [4.69, 9.17) is 4.74 Å². The van der Waals surface area contributed by atoms with E-state index in [0.717, 1.165) is 19.4 Å². The molecular weight excluding hydrogens is 212 g/mol. The van der Waals surface area contributed by atoms with E-state index in [9.17, 15) is 4.79 Å². The molecule has 2 aliphatic rings. The van der Waals surface area contributed by atoms with Crippen molar-refractivity contribution >= 4 is 5.78 Å². The Kier molecular flexibility index (Phi) is 4.24. The molecule has 0 aromatic carbocycles. The van der Waals surface area contributed by atoms with Gasteiger partial charge in [-0.1, -0.05) is 26.2 Å². The fourth-order valence-electron chi connectivity index (χ4n) is 3.72. The van der Waals surface area contributed by atoms with E-state index >= 15 is 0 Å². The summed E-state index contributed by atoms with van der Waals surface area (Å²) in [6.45, 7) is 4.87. The van der Waals surface area contributed by atoms with Crippen LogP contribution in [0.5, 0.6) is 0 Å². The maximum absolute atomic E-state index is 11.2. The highest BCUT2D eigenvalue weighted by Gasteiger charge is 2.39. The van der Waals surface area contributed by atoms with Crippen molar-refractivity contribution in [1.29, 1.82) is 0 Å². The number of carbonyl (C=O) groups is 1. The summed E-state index contributed by atoms with van der Waals surface area (Å²) in [7, 11) is 0. The first-order valence-corrected chi connectivity index (χ1v) is 7.25. The van der Waals surface area contributed by atoms with Crippen LogP contribution in [0, 0.1) is 11.8 Å². The lowest BCUT2D eigenvalue weighted by molar-refractivity contribution is -0.129. The average molecular weight is 238 g/mol. The summed E-state index contributed by atoms with van der Waals surface area (Å²) in [5.74, 6) is 1.57.